The minimum absolute atomic E-state index is 0.0151. The Morgan fingerprint density at radius 1 is 1.00 bits per heavy atom. The molecule has 144 valence electrons. The zero-order valence-electron chi connectivity index (χ0n) is 16.3. The Bertz CT molecular complexity index is 1050. The molecule has 5 heteroatoms. The molecule has 0 spiro atoms. The molecule has 0 bridgehead atoms. The fourth-order valence-electron chi connectivity index (χ4n) is 3.96. The molecule has 5 nitrogen and oxygen atoms in total. The highest BCUT2D eigenvalue weighted by atomic mass is 16.2. The minimum Gasteiger partial charge on any atom is -0.351 e. The van der Waals surface area contributed by atoms with Gasteiger partial charge in [-0.1, -0.05) is 18.2 Å². The second-order valence-corrected chi connectivity index (χ2v) is 7.58. The Morgan fingerprint density at radius 3 is 2.54 bits per heavy atom. The molecule has 0 atom stereocenters. The molecule has 1 aliphatic heterocycles. The van der Waals surface area contributed by atoms with Crippen molar-refractivity contribution in [2.45, 2.75) is 33.1 Å². The highest BCUT2D eigenvalue weighted by Gasteiger charge is 2.22. The molecular formula is C23H25N3O2. The summed E-state index contributed by atoms with van der Waals surface area (Å²) < 4.78 is 0. The average molecular weight is 375 g/mol. The maximum atomic E-state index is 12.9. The van der Waals surface area contributed by atoms with Crippen molar-refractivity contribution >= 4 is 28.4 Å². The molecule has 1 fully saturated rings. The topological polar surface area (TPSA) is 65.2 Å². The average Bonchev–Trinajstić information content (AvgIpc) is 3.13. The van der Waals surface area contributed by atoms with Gasteiger partial charge in [0.15, 0.2) is 0 Å². The number of anilines is 1. The standard InChI is InChI=1S/C23H25N3O2/c1-15-12-16(2)18-14-21(24-20(18)13-15)22(27)25-19-9-5-4-8-17(19)23(28)26-10-6-3-7-11-26/h4-5,8-9,12-14,24H,3,6-7,10-11H2,1-2H3,(H,25,27). The Labute approximate surface area is 164 Å². The highest BCUT2D eigenvalue weighted by molar-refractivity contribution is 6.10. The first-order valence-corrected chi connectivity index (χ1v) is 9.82. The number of carbonyl (C=O) groups is 2. The van der Waals surface area contributed by atoms with Crippen molar-refractivity contribution in [3.8, 4) is 0 Å². The van der Waals surface area contributed by atoms with Crippen molar-refractivity contribution in [3.05, 3.63) is 64.8 Å². The smallest absolute Gasteiger partial charge is 0.272 e. The van der Waals surface area contributed by atoms with E-state index in [0.717, 1.165) is 48.0 Å². The molecule has 2 N–H and O–H groups in total. The van der Waals surface area contributed by atoms with E-state index in [9.17, 15) is 9.59 Å². The van der Waals surface area contributed by atoms with Crippen LogP contribution in [0.2, 0.25) is 0 Å². The van der Waals surface area contributed by atoms with Crippen LogP contribution in [0.1, 0.15) is 51.2 Å². The van der Waals surface area contributed by atoms with Crippen molar-refractivity contribution < 1.29 is 9.59 Å². The van der Waals surface area contributed by atoms with Crippen LogP contribution in [0.4, 0.5) is 5.69 Å². The van der Waals surface area contributed by atoms with Gasteiger partial charge >= 0.3 is 0 Å². The van der Waals surface area contributed by atoms with E-state index < -0.39 is 0 Å². The molecule has 1 aromatic heterocycles. The number of nitrogens with zero attached hydrogens (tertiary/aromatic N) is 1. The first-order chi connectivity index (χ1) is 13.5. The third kappa shape index (κ3) is 3.52. The predicted molar refractivity (Wildman–Crippen MR) is 112 cm³/mol. The van der Waals surface area contributed by atoms with Gasteiger partial charge in [0.25, 0.3) is 11.8 Å². The summed E-state index contributed by atoms with van der Waals surface area (Å²) in [5, 5.41) is 3.96. The normalized spacial score (nSPS) is 14.3. The lowest BCUT2D eigenvalue weighted by molar-refractivity contribution is 0.0725. The summed E-state index contributed by atoms with van der Waals surface area (Å²) in [5.74, 6) is -0.258. The largest absolute Gasteiger partial charge is 0.351 e. The van der Waals surface area contributed by atoms with E-state index in [1.54, 1.807) is 12.1 Å². The Kier molecular flexibility index (Phi) is 4.90. The van der Waals surface area contributed by atoms with E-state index in [2.05, 4.69) is 16.4 Å². The van der Waals surface area contributed by atoms with E-state index in [0.29, 0.717) is 16.9 Å². The first-order valence-electron chi connectivity index (χ1n) is 9.82. The van der Waals surface area contributed by atoms with Crippen molar-refractivity contribution in [1.29, 1.82) is 0 Å². The maximum Gasteiger partial charge on any atom is 0.272 e. The first kappa shape index (κ1) is 18.3. The Balaban J connectivity index is 1.60. The Morgan fingerprint density at radius 2 is 1.75 bits per heavy atom. The second-order valence-electron chi connectivity index (χ2n) is 7.58. The van der Waals surface area contributed by atoms with Crippen LogP contribution in [0.15, 0.2) is 42.5 Å². The van der Waals surface area contributed by atoms with Gasteiger partial charge in [-0.15, -0.1) is 0 Å². The van der Waals surface area contributed by atoms with E-state index in [-0.39, 0.29) is 11.8 Å². The molecule has 2 amide bonds. The Hall–Kier alpha value is -3.08. The summed E-state index contributed by atoms with van der Waals surface area (Å²) in [6, 6.07) is 13.2. The molecule has 0 saturated carbocycles. The van der Waals surface area contributed by atoms with Crippen LogP contribution in [-0.4, -0.2) is 34.8 Å². The number of aromatic nitrogens is 1. The highest BCUT2D eigenvalue weighted by Crippen LogP contribution is 2.24. The number of benzene rings is 2. The van der Waals surface area contributed by atoms with Crippen LogP contribution in [0.3, 0.4) is 0 Å². The quantitative estimate of drug-likeness (QED) is 0.699. The number of rotatable bonds is 3. The number of fused-ring (bicyclic) bond motifs is 1. The molecule has 0 aliphatic carbocycles. The van der Waals surface area contributed by atoms with Gasteiger partial charge in [0.2, 0.25) is 0 Å². The molecule has 4 rings (SSSR count). The number of carbonyl (C=O) groups excluding carboxylic acids is 2. The van der Waals surface area contributed by atoms with Crippen LogP contribution < -0.4 is 5.32 Å². The van der Waals surface area contributed by atoms with E-state index in [1.807, 2.05) is 43.0 Å². The molecule has 2 aromatic carbocycles. The van der Waals surface area contributed by atoms with Gasteiger partial charge in [-0.3, -0.25) is 9.59 Å². The number of hydrogen-bond acceptors (Lipinski definition) is 2. The van der Waals surface area contributed by atoms with E-state index in [4.69, 9.17) is 0 Å². The monoisotopic (exact) mass is 375 g/mol. The number of hydrogen-bond donors (Lipinski definition) is 2. The number of piperidine rings is 1. The SMILES string of the molecule is Cc1cc(C)c2cc(C(=O)Nc3ccccc3C(=O)N3CCCCC3)[nH]c2c1. The molecular weight excluding hydrogens is 350 g/mol. The lowest BCUT2D eigenvalue weighted by Crippen LogP contribution is -2.36. The number of para-hydroxylation sites is 1. The van der Waals surface area contributed by atoms with Gasteiger partial charge in [-0.25, -0.2) is 0 Å². The maximum absolute atomic E-state index is 12.9. The second kappa shape index (κ2) is 7.50. The van der Waals surface area contributed by atoms with Gasteiger partial charge in [0.1, 0.15) is 5.69 Å². The lowest BCUT2D eigenvalue weighted by atomic mass is 10.1. The van der Waals surface area contributed by atoms with Crippen LogP contribution in [0, 0.1) is 13.8 Å². The molecule has 0 unspecified atom stereocenters. The molecule has 1 saturated heterocycles. The summed E-state index contributed by atoms with van der Waals surface area (Å²) in [4.78, 5) is 30.9. The van der Waals surface area contributed by atoms with Crippen LogP contribution >= 0.6 is 0 Å². The number of likely N-dealkylation sites (tertiary alicyclic amines) is 1. The minimum atomic E-state index is -0.243. The van der Waals surface area contributed by atoms with Gasteiger partial charge in [-0.2, -0.15) is 0 Å². The summed E-state index contributed by atoms with van der Waals surface area (Å²) >= 11 is 0. The number of aryl methyl sites for hydroxylation is 2. The van der Waals surface area contributed by atoms with Crippen molar-refractivity contribution in [3.63, 3.8) is 0 Å². The molecule has 1 aliphatic rings. The molecule has 3 aromatic rings. The van der Waals surface area contributed by atoms with Gasteiger partial charge in [0.05, 0.1) is 11.3 Å². The van der Waals surface area contributed by atoms with Crippen LogP contribution in [-0.2, 0) is 0 Å². The van der Waals surface area contributed by atoms with Crippen molar-refractivity contribution in [2.75, 3.05) is 18.4 Å². The van der Waals surface area contributed by atoms with Crippen LogP contribution in [0.5, 0.6) is 0 Å². The van der Waals surface area contributed by atoms with Gasteiger partial charge in [0, 0.05) is 24.0 Å². The van der Waals surface area contributed by atoms with Gasteiger partial charge < -0.3 is 15.2 Å². The molecule has 2 heterocycles. The number of aromatic amines is 1. The fraction of sp³-hybridized carbons (Fsp3) is 0.304. The number of nitrogens with one attached hydrogen (secondary N) is 2. The summed E-state index contributed by atoms with van der Waals surface area (Å²) in [6.45, 7) is 5.64. The van der Waals surface area contributed by atoms with E-state index in [1.165, 1.54) is 6.42 Å². The van der Waals surface area contributed by atoms with Crippen molar-refractivity contribution in [2.24, 2.45) is 0 Å². The third-order valence-corrected chi connectivity index (χ3v) is 5.38. The van der Waals surface area contributed by atoms with Crippen molar-refractivity contribution in [1.82, 2.24) is 9.88 Å². The van der Waals surface area contributed by atoms with Crippen LogP contribution in [0.25, 0.3) is 10.9 Å². The zero-order valence-corrected chi connectivity index (χ0v) is 16.3. The fourth-order valence-corrected chi connectivity index (χ4v) is 3.96. The third-order valence-electron chi connectivity index (χ3n) is 5.38. The summed E-state index contributed by atoms with van der Waals surface area (Å²) in [6.07, 6.45) is 3.24. The molecule has 28 heavy (non-hydrogen) atoms. The lowest BCUT2D eigenvalue weighted by Gasteiger charge is -2.27. The zero-order chi connectivity index (χ0) is 19.7. The van der Waals surface area contributed by atoms with E-state index >= 15 is 0 Å². The van der Waals surface area contributed by atoms with Gasteiger partial charge in [-0.05, 0) is 68.5 Å². The number of amides is 2. The summed E-state index contributed by atoms with van der Waals surface area (Å²) in [7, 11) is 0. The predicted octanol–water partition coefficient (Wildman–Crippen LogP) is 4.66. The summed E-state index contributed by atoms with van der Waals surface area (Å²) in [5.41, 5.74) is 4.81. The number of H-pyrrole nitrogens is 1. The molecule has 0 radical (unpaired) electrons.